The summed E-state index contributed by atoms with van der Waals surface area (Å²) in [5, 5.41) is 5.61. The Labute approximate surface area is 114 Å². The monoisotopic (exact) mass is 262 g/mol. The molecule has 0 saturated carbocycles. The van der Waals surface area contributed by atoms with E-state index in [1.807, 2.05) is 26.0 Å². The Morgan fingerprint density at radius 2 is 1.47 bits per heavy atom. The van der Waals surface area contributed by atoms with Gasteiger partial charge in [0.2, 0.25) is 11.8 Å². The molecular formula is C15H22N2O2. The first-order valence-corrected chi connectivity index (χ1v) is 6.53. The molecule has 1 rings (SSSR count). The molecule has 4 heteroatoms. The average molecular weight is 262 g/mol. The van der Waals surface area contributed by atoms with Crippen molar-refractivity contribution in [2.24, 2.45) is 5.92 Å². The normalized spacial score (nSPS) is 10.7. The summed E-state index contributed by atoms with van der Waals surface area (Å²) in [6.07, 6.45) is 0. The first-order chi connectivity index (χ1) is 8.79. The van der Waals surface area contributed by atoms with Gasteiger partial charge in [0.05, 0.1) is 0 Å². The van der Waals surface area contributed by atoms with Crippen LogP contribution < -0.4 is 10.6 Å². The minimum Gasteiger partial charge on any atom is -0.326 e. The molecule has 0 aliphatic carbocycles. The number of hydrogen-bond donors (Lipinski definition) is 2. The van der Waals surface area contributed by atoms with E-state index < -0.39 is 0 Å². The molecule has 0 atom stereocenters. The Bertz CT molecular complexity index is 479. The van der Waals surface area contributed by atoms with E-state index >= 15 is 0 Å². The molecule has 2 amide bonds. The van der Waals surface area contributed by atoms with E-state index in [4.69, 9.17) is 0 Å². The summed E-state index contributed by atoms with van der Waals surface area (Å²) in [7, 11) is 0. The van der Waals surface area contributed by atoms with Crippen molar-refractivity contribution in [1.29, 1.82) is 0 Å². The highest BCUT2D eigenvalue weighted by Crippen LogP contribution is 2.25. The van der Waals surface area contributed by atoms with Crippen LogP contribution in [0.5, 0.6) is 0 Å². The summed E-state index contributed by atoms with van der Waals surface area (Å²) in [4.78, 5) is 22.9. The van der Waals surface area contributed by atoms with Crippen LogP contribution in [-0.4, -0.2) is 11.8 Å². The van der Waals surface area contributed by atoms with Gasteiger partial charge in [-0.3, -0.25) is 9.59 Å². The molecule has 19 heavy (non-hydrogen) atoms. The number of nitrogens with one attached hydrogen (secondary N) is 2. The summed E-state index contributed by atoms with van der Waals surface area (Å²) in [5.41, 5.74) is 2.50. The van der Waals surface area contributed by atoms with Gasteiger partial charge in [-0.05, 0) is 29.7 Å². The topological polar surface area (TPSA) is 58.2 Å². The van der Waals surface area contributed by atoms with Crippen LogP contribution in [0.4, 0.5) is 11.4 Å². The number of hydrogen-bond acceptors (Lipinski definition) is 2. The fourth-order valence-electron chi connectivity index (χ4n) is 1.62. The van der Waals surface area contributed by atoms with Crippen molar-refractivity contribution in [2.75, 3.05) is 10.6 Å². The highest BCUT2D eigenvalue weighted by molar-refractivity contribution is 5.94. The summed E-state index contributed by atoms with van der Waals surface area (Å²) in [6.45, 7) is 9.29. The van der Waals surface area contributed by atoms with Crippen molar-refractivity contribution >= 4 is 23.2 Å². The van der Waals surface area contributed by atoms with E-state index in [0.29, 0.717) is 17.3 Å². The maximum Gasteiger partial charge on any atom is 0.226 e. The molecule has 0 aromatic heterocycles. The van der Waals surface area contributed by atoms with Crippen LogP contribution in [0, 0.1) is 5.92 Å². The quantitative estimate of drug-likeness (QED) is 0.874. The average Bonchev–Trinajstić information content (AvgIpc) is 2.27. The molecule has 0 bridgehead atoms. The van der Waals surface area contributed by atoms with E-state index in [9.17, 15) is 9.59 Å². The van der Waals surface area contributed by atoms with Gasteiger partial charge >= 0.3 is 0 Å². The molecule has 0 aliphatic rings. The van der Waals surface area contributed by atoms with Gasteiger partial charge in [0, 0.05) is 24.2 Å². The maximum atomic E-state index is 11.7. The third-order valence-corrected chi connectivity index (χ3v) is 2.73. The van der Waals surface area contributed by atoms with Crippen molar-refractivity contribution < 1.29 is 9.59 Å². The summed E-state index contributed by atoms with van der Waals surface area (Å²) >= 11 is 0. The zero-order valence-electron chi connectivity index (χ0n) is 12.2. The minimum absolute atomic E-state index is 0.0327. The first kappa shape index (κ1) is 15.2. The Morgan fingerprint density at radius 3 is 1.89 bits per heavy atom. The van der Waals surface area contributed by atoms with Gasteiger partial charge in [-0.25, -0.2) is 0 Å². The van der Waals surface area contributed by atoms with E-state index in [0.717, 1.165) is 5.56 Å². The summed E-state index contributed by atoms with van der Waals surface area (Å²) in [5.74, 6) is 0.0899. The zero-order chi connectivity index (χ0) is 14.6. The third-order valence-electron chi connectivity index (χ3n) is 2.73. The van der Waals surface area contributed by atoms with Crippen molar-refractivity contribution in [1.82, 2.24) is 0 Å². The molecule has 2 N–H and O–H groups in total. The minimum atomic E-state index is -0.123. The molecule has 1 aromatic rings. The second-order valence-electron chi connectivity index (χ2n) is 5.32. The van der Waals surface area contributed by atoms with E-state index in [1.54, 1.807) is 6.07 Å². The number of carbonyl (C=O) groups excluding carboxylic acids is 2. The van der Waals surface area contributed by atoms with Crippen molar-refractivity contribution in [2.45, 2.75) is 40.5 Å². The largest absolute Gasteiger partial charge is 0.326 e. The molecule has 0 spiro atoms. The molecule has 0 fully saturated rings. The lowest BCUT2D eigenvalue weighted by atomic mass is 10.0. The third kappa shape index (κ3) is 4.73. The Kier molecular flexibility index (Phi) is 5.10. The number of amides is 2. The summed E-state index contributed by atoms with van der Waals surface area (Å²) in [6, 6.07) is 5.64. The Hall–Kier alpha value is -1.84. The summed E-state index contributed by atoms with van der Waals surface area (Å²) < 4.78 is 0. The molecule has 4 nitrogen and oxygen atoms in total. The van der Waals surface area contributed by atoms with E-state index in [2.05, 4.69) is 24.5 Å². The molecule has 0 radical (unpaired) electrons. The predicted octanol–water partition coefficient (Wildman–Crippen LogP) is 3.36. The zero-order valence-corrected chi connectivity index (χ0v) is 12.2. The van der Waals surface area contributed by atoms with Gasteiger partial charge < -0.3 is 10.6 Å². The van der Waals surface area contributed by atoms with Crippen LogP contribution in [-0.2, 0) is 9.59 Å². The lowest BCUT2D eigenvalue weighted by molar-refractivity contribution is -0.119. The van der Waals surface area contributed by atoms with Gasteiger partial charge in [0.15, 0.2) is 0 Å². The van der Waals surface area contributed by atoms with Crippen molar-refractivity contribution in [3.8, 4) is 0 Å². The fourth-order valence-corrected chi connectivity index (χ4v) is 1.62. The number of benzene rings is 1. The molecule has 0 heterocycles. The Morgan fingerprint density at radius 1 is 0.947 bits per heavy atom. The molecule has 0 unspecified atom stereocenters. The van der Waals surface area contributed by atoms with E-state index in [-0.39, 0.29) is 17.7 Å². The van der Waals surface area contributed by atoms with Crippen LogP contribution in [0.1, 0.15) is 46.1 Å². The second-order valence-corrected chi connectivity index (χ2v) is 5.32. The highest BCUT2D eigenvalue weighted by Gasteiger charge is 2.10. The van der Waals surface area contributed by atoms with E-state index in [1.165, 1.54) is 6.92 Å². The van der Waals surface area contributed by atoms with Gasteiger partial charge in [-0.15, -0.1) is 0 Å². The SMILES string of the molecule is CC(=O)Nc1cc(NC(=O)C(C)C)cc(C(C)C)c1. The standard InChI is InChI=1S/C15H22N2O2/c1-9(2)12-6-13(16-11(5)18)8-14(7-12)17-15(19)10(3)4/h6-10H,1-5H3,(H,16,18)(H,17,19). The molecule has 104 valence electrons. The fraction of sp³-hybridized carbons (Fsp3) is 0.467. The lowest BCUT2D eigenvalue weighted by Gasteiger charge is -2.14. The number of anilines is 2. The predicted molar refractivity (Wildman–Crippen MR) is 78.3 cm³/mol. The van der Waals surface area contributed by atoms with Crippen molar-refractivity contribution in [3.05, 3.63) is 23.8 Å². The van der Waals surface area contributed by atoms with Gasteiger partial charge in [0.25, 0.3) is 0 Å². The maximum absolute atomic E-state index is 11.7. The lowest BCUT2D eigenvalue weighted by Crippen LogP contribution is -2.18. The van der Waals surface area contributed by atoms with Crippen LogP contribution in [0.15, 0.2) is 18.2 Å². The van der Waals surface area contributed by atoms with Crippen LogP contribution in [0.3, 0.4) is 0 Å². The second kappa shape index (κ2) is 6.36. The smallest absolute Gasteiger partial charge is 0.226 e. The van der Waals surface area contributed by atoms with Gasteiger partial charge in [-0.2, -0.15) is 0 Å². The highest BCUT2D eigenvalue weighted by atomic mass is 16.2. The molecule has 0 saturated heterocycles. The Balaban J connectivity index is 3.05. The first-order valence-electron chi connectivity index (χ1n) is 6.53. The van der Waals surface area contributed by atoms with Gasteiger partial charge in [0.1, 0.15) is 0 Å². The number of carbonyl (C=O) groups is 2. The molecular weight excluding hydrogens is 240 g/mol. The van der Waals surface area contributed by atoms with Crippen LogP contribution >= 0.6 is 0 Å². The number of rotatable bonds is 4. The van der Waals surface area contributed by atoms with Crippen molar-refractivity contribution in [3.63, 3.8) is 0 Å². The van der Waals surface area contributed by atoms with Crippen LogP contribution in [0.2, 0.25) is 0 Å². The molecule has 0 aliphatic heterocycles. The van der Waals surface area contributed by atoms with Crippen LogP contribution in [0.25, 0.3) is 0 Å². The van der Waals surface area contributed by atoms with Gasteiger partial charge in [-0.1, -0.05) is 27.7 Å². The molecule has 1 aromatic carbocycles.